The molecular formula is C14H28N2O. The number of nitrogens with zero attached hydrogens (tertiary/aromatic N) is 2. The summed E-state index contributed by atoms with van der Waals surface area (Å²) in [5.74, 6) is 0. The molecule has 3 nitrogen and oxygen atoms in total. The predicted molar refractivity (Wildman–Crippen MR) is 71.2 cm³/mol. The van der Waals surface area contributed by atoms with Crippen LogP contribution in [-0.2, 0) is 0 Å². The number of aliphatic hydroxyl groups is 1. The molecule has 0 spiro atoms. The monoisotopic (exact) mass is 240 g/mol. The largest absolute Gasteiger partial charge is 0.389 e. The van der Waals surface area contributed by atoms with Crippen LogP contribution < -0.4 is 0 Å². The maximum absolute atomic E-state index is 10.5. The fourth-order valence-corrected chi connectivity index (χ4v) is 3.22. The van der Waals surface area contributed by atoms with Crippen molar-refractivity contribution in [3.8, 4) is 0 Å². The standard InChI is InChI=1S/C14H28N2O/c1-13(2)16-10-8-15(9-11-16)12-14(17)6-4-3-5-7-14/h13,17H,3-12H2,1-2H3. The van der Waals surface area contributed by atoms with Crippen LogP contribution in [0.15, 0.2) is 0 Å². The summed E-state index contributed by atoms with van der Waals surface area (Å²) in [6.07, 6.45) is 5.75. The van der Waals surface area contributed by atoms with E-state index in [9.17, 15) is 5.11 Å². The smallest absolute Gasteiger partial charge is 0.0774 e. The zero-order valence-electron chi connectivity index (χ0n) is 11.5. The zero-order chi connectivity index (χ0) is 12.3. The highest BCUT2D eigenvalue weighted by Gasteiger charge is 2.32. The Hall–Kier alpha value is -0.120. The van der Waals surface area contributed by atoms with E-state index < -0.39 is 0 Å². The number of hydrogen-bond donors (Lipinski definition) is 1. The summed E-state index contributed by atoms with van der Waals surface area (Å²) in [7, 11) is 0. The Labute approximate surface area is 106 Å². The second kappa shape index (κ2) is 5.68. The summed E-state index contributed by atoms with van der Waals surface area (Å²) < 4.78 is 0. The molecule has 0 amide bonds. The van der Waals surface area contributed by atoms with Gasteiger partial charge in [-0.2, -0.15) is 0 Å². The highest BCUT2D eigenvalue weighted by atomic mass is 16.3. The fraction of sp³-hybridized carbons (Fsp3) is 1.00. The Balaban J connectivity index is 1.77. The van der Waals surface area contributed by atoms with E-state index in [1.165, 1.54) is 19.3 Å². The van der Waals surface area contributed by atoms with Crippen molar-refractivity contribution < 1.29 is 5.11 Å². The van der Waals surface area contributed by atoms with Crippen LogP contribution >= 0.6 is 0 Å². The maximum Gasteiger partial charge on any atom is 0.0774 e. The molecule has 0 aromatic rings. The molecule has 1 saturated carbocycles. The predicted octanol–water partition coefficient (Wildman–Crippen LogP) is 1.71. The van der Waals surface area contributed by atoms with E-state index in [1.807, 2.05) is 0 Å². The van der Waals surface area contributed by atoms with Crippen molar-refractivity contribution in [2.24, 2.45) is 0 Å². The van der Waals surface area contributed by atoms with Crippen LogP contribution in [0.1, 0.15) is 46.0 Å². The normalized spacial score (nSPS) is 27.5. The van der Waals surface area contributed by atoms with E-state index in [0.29, 0.717) is 6.04 Å². The molecule has 1 saturated heterocycles. The first-order valence-electron chi connectivity index (χ1n) is 7.28. The van der Waals surface area contributed by atoms with Gasteiger partial charge in [-0.15, -0.1) is 0 Å². The van der Waals surface area contributed by atoms with E-state index in [1.54, 1.807) is 0 Å². The van der Waals surface area contributed by atoms with Gasteiger partial charge in [0.1, 0.15) is 0 Å². The number of β-amino-alcohol motifs (C(OH)–C–C–N with tert-alkyl or cyclic N) is 1. The van der Waals surface area contributed by atoms with Gasteiger partial charge in [0.15, 0.2) is 0 Å². The van der Waals surface area contributed by atoms with Gasteiger partial charge in [-0.05, 0) is 26.7 Å². The first-order chi connectivity index (χ1) is 8.09. The summed E-state index contributed by atoms with van der Waals surface area (Å²) >= 11 is 0. The molecule has 2 aliphatic rings. The molecule has 1 aliphatic carbocycles. The minimum absolute atomic E-state index is 0.377. The van der Waals surface area contributed by atoms with Crippen molar-refractivity contribution in [1.82, 2.24) is 9.80 Å². The van der Waals surface area contributed by atoms with Gasteiger partial charge in [0.25, 0.3) is 0 Å². The number of rotatable bonds is 3. The number of hydrogen-bond acceptors (Lipinski definition) is 3. The fourth-order valence-electron chi connectivity index (χ4n) is 3.22. The zero-order valence-corrected chi connectivity index (χ0v) is 11.5. The Morgan fingerprint density at radius 2 is 1.59 bits per heavy atom. The van der Waals surface area contributed by atoms with Crippen LogP contribution in [0.25, 0.3) is 0 Å². The number of piperazine rings is 1. The van der Waals surface area contributed by atoms with Crippen LogP contribution in [0.2, 0.25) is 0 Å². The summed E-state index contributed by atoms with van der Waals surface area (Å²) in [4.78, 5) is 4.99. The van der Waals surface area contributed by atoms with Gasteiger partial charge in [0.2, 0.25) is 0 Å². The van der Waals surface area contributed by atoms with Crippen molar-refractivity contribution in [3.05, 3.63) is 0 Å². The lowest BCUT2D eigenvalue weighted by Gasteiger charge is -2.42. The Kier molecular flexibility index (Phi) is 4.45. The minimum Gasteiger partial charge on any atom is -0.389 e. The quantitative estimate of drug-likeness (QED) is 0.813. The summed E-state index contributed by atoms with van der Waals surface area (Å²) in [6.45, 7) is 10.0. The molecule has 3 heteroatoms. The van der Waals surface area contributed by atoms with Crippen LogP contribution in [-0.4, -0.2) is 59.3 Å². The molecule has 2 fully saturated rings. The van der Waals surface area contributed by atoms with Crippen LogP contribution in [0.3, 0.4) is 0 Å². The van der Waals surface area contributed by atoms with Gasteiger partial charge in [0, 0.05) is 38.8 Å². The third kappa shape index (κ3) is 3.67. The van der Waals surface area contributed by atoms with E-state index in [-0.39, 0.29) is 5.60 Å². The van der Waals surface area contributed by atoms with E-state index in [4.69, 9.17) is 0 Å². The molecule has 0 atom stereocenters. The average molecular weight is 240 g/mol. The summed E-state index contributed by atoms with van der Waals surface area (Å²) in [5.41, 5.74) is -0.377. The van der Waals surface area contributed by atoms with Gasteiger partial charge in [-0.25, -0.2) is 0 Å². The minimum atomic E-state index is -0.377. The van der Waals surface area contributed by atoms with Crippen molar-refractivity contribution >= 4 is 0 Å². The Morgan fingerprint density at radius 3 is 2.12 bits per heavy atom. The van der Waals surface area contributed by atoms with E-state index >= 15 is 0 Å². The molecular weight excluding hydrogens is 212 g/mol. The molecule has 1 heterocycles. The second-order valence-corrected chi connectivity index (χ2v) is 6.19. The molecule has 0 aromatic heterocycles. The Bertz CT molecular complexity index is 228. The second-order valence-electron chi connectivity index (χ2n) is 6.19. The summed E-state index contributed by atoms with van der Waals surface area (Å²) in [6, 6.07) is 0.662. The van der Waals surface area contributed by atoms with Crippen molar-refractivity contribution in [3.63, 3.8) is 0 Å². The van der Waals surface area contributed by atoms with Gasteiger partial charge >= 0.3 is 0 Å². The van der Waals surface area contributed by atoms with Crippen LogP contribution in [0.4, 0.5) is 0 Å². The lowest BCUT2D eigenvalue weighted by molar-refractivity contribution is -0.0372. The molecule has 1 aliphatic heterocycles. The molecule has 2 rings (SSSR count). The SMILES string of the molecule is CC(C)N1CCN(CC2(O)CCCCC2)CC1. The molecule has 0 aromatic carbocycles. The van der Waals surface area contributed by atoms with Crippen molar-refractivity contribution in [1.29, 1.82) is 0 Å². The third-order valence-corrected chi connectivity index (χ3v) is 4.44. The summed E-state index contributed by atoms with van der Waals surface area (Å²) in [5, 5.41) is 10.5. The van der Waals surface area contributed by atoms with Crippen molar-refractivity contribution in [2.45, 2.75) is 57.6 Å². The van der Waals surface area contributed by atoms with Gasteiger partial charge < -0.3 is 5.11 Å². The van der Waals surface area contributed by atoms with E-state index in [0.717, 1.165) is 45.6 Å². The molecule has 100 valence electrons. The first-order valence-corrected chi connectivity index (χ1v) is 7.28. The highest BCUT2D eigenvalue weighted by Crippen LogP contribution is 2.29. The van der Waals surface area contributed by atoms with Gasteiger partial charge in [0.05, 0.1) is 5.60 Å². The van der Waals surface area contributed by atoms with E-state index in [2.05, 4.69) is 23.6 Å². The van der Waals surface area contributed by atoms with Gasteiger partial charge in [-0.3, -0.25) is 9.80 Å². The lowest BCUT2D eigenvalue weighted by atomic mass is 9.84. The first kappa shape index (κ1) is 13.3. The van der Waals surface area contributed by atoms with Crippen LogP contribution in [0, 0.1) is 0 Å². The average Bonchev–Trinajstić information content (AvgIpc) is 2.30. The molecule has 1 N–H and O–H groups in total. The molecule has 0 radical (unpaired) electrons. The molecule has 17 heavy (non-hydrogen) atoms. The van der Waals surface area contributed by atoms with Crippen molar-refractivity contribution in [2.75, 3.05) is 32.7 Å². The molecule has 0 bridgehead atoms. The van der Waals surface area contributed by atoms with Gasteiger partial charge in [-0.1, -0.05) is 19.3 Å². The third-order valence-electron chi connectivity index (χ3n) is 4.44. The molecule has 0 unspecified atom stereocenters. The maximum atomic E-state index is 10.5. The Morgan fingerprint density at radius 1 is 1.00 bits per heavy atom. The van der Waals surface area contributed by atoms with Crippen LogP contribution in [0.5, 0.6) is 0 Å². The highest BCUT2D eigenvalue weighted by molar-refractivity contribution is 4.87. The lowest BCUT2D eigenvalue weighted by Crippen LogP contribution is -2.53. The topological polar surface area (TPSA) is 26.7 Å².